The largest absolute Gasteiger partial charge is 0.343 e. The standard InChI is InChI=1S/C15H28N2O.C2H6/c1-3-5-6-14(18)17-10-7-15(8-11-17)12-16(13-15)9-4-2;1-2/h3-13H2,1-2H3;1-2H3. The molecule has 3 heteroatoms. The molecule has 2 fully saturated rings. The van der Waals surface area contributed by atoms with Crippen molar-refractivity contribution in [2.24, 2.45) is 5.41 Å². The van der Waals surface area contributed by atoms with Gasteiger partial charge in [-0.3, -0.25) is 4.79 Å². The van der Waals surface area contributed by atoms with Crippen LogP contribution in [0.1, 0.15) is 66.2 Å². The van der Waals surface area contributed by atoms with Gasteiger partial charge in [0, 0.05) is 32.6 Å². The number of nitrogens with zero attached hydrogens (tertiary/aromatic N) is 2. The molecule has 2 rings (SSSR count). The van der Waals surface area contributed by atoms with E-state index in [1.807, 2.05) is 13.8 Å². The van der Waals surface area contributed by atoms with Crippen LogP contribution in [0.5, 0.6) is 0 Å². The predicted octanol–water partition coefficient (Wildman–Crippen LogP) is 3.54. The molecule has 0 N–H and O–H groups in total. The lowest BCUT2D eigenvalue weighted by molar-refractivity contribution is -0.136. The van der Waals surface area contributed by atoms with Crippen molar-refractivity contribution >= 4 is 5.91 Å². The van der Waals surface area contributed by atoms with E-state index >= 15 is 0 Å². The van der Waals surface area contributed by atoms with Crippen molar-refractivity contribution in [3.8, 4) is 0 Å². The summed E-state index contributed by atoms with van der Waals surface area (Å²) < 4.78 is 0. The molecule has 1 spiro atoms. The maximum Gasteiger partial charge on any atom is 0.222 e. The van der Waals surface area contributed by atoms with Gasteiger partial charge < -0.3 is 9.80 Å². The number of amides is 1. The van der Waals surface area contributed by atoms with Crippen LogP contribution in [0.25, 0.3) is 0 Å². The number of carbonyl (C=O) groups excluding carboxylic acids is 1. The summed E-state index contributed by atoms with van der Waals surface area (Å²) in [6.07, 6.45) is 6.64. The van der Waals surface area contributed by atoms with E-state index in [1.54, 1.807) is 0 Å². The number of hydrogen-bond acceptors (Lipinski definition) is 2. The smallest absolute Gasteiger partial charge is 0.222 e. The van der Waals surface area contributed by atoms with E-state index in [9.17, 15) is 4.79 Å². The van der Waals surface area contributed by atoms with Gasteiger partial charge in [0.15, 0.2) is 0 Å². The topological polar surface area (TPSA) is 23.6 Å². The monoisotopic (exact) mass is 282 g/mol. The van der Waals surface area contributed by atoms with Crippen LogP contribution >= 0.6 is 0 Å². The molecule has 0 aliphatic carbocycles. The van der Waals surface area contributed by atoms with E-state index in [2.05, 4.69) is 23.6 Å². The summed E-state index contributed by atoms with van der Waals surface area (Å²) in [5.41, 5.74) is 0.566. The van der Waals surface area contributed by atoms with Crippen LogP contribution < -0.4 is 0 Å². The van der Waals surface area contributed by atoms with Crippen molar-refractivity contribution in [1.82, 2.24) is 9.80 Å². The Hall–Kier alpha value is -0.570. The summed E-state index contributed by atoms with van der Waals surface area (Å²) in [6, 6.07) is 0. The highest BCUT2D eigenvalue weighted by Gasteiger charge is 2.44. The van der Waals surface area contributed by atoms with Gasteiger partial charge in [-0.1, -0.05) is 34.1 Å². The second-order valence-electron chi connectivity index (χ2n) is 6.19. The van der Waals surface area contributed by atoms with Gasteiger partial charge in [0.05, 0.1) is 0 Å². The van der Waals surface area contributed by atoms with Gasteiger partial charge in [0.1, 0.15) is 0 Å². The predicted molar refractivity (Wildman–Crippen MR) is 85.9 cm³/mol. The van der Waals surface area contributed by atoms with Crippen LogP contribution in [0.15, 0.2) is 0 Å². The Balaban J connectivity index is 0.000000956. The number of hydrogen-bond donors (Lipinski definition) is 0. The number of carbonyl (C=O) groups is 1. The average Bonchev–Trinajstić information content (AvgIpc) is 2.46. The van der Waals surface area contributed by atoms with Gasteiger partial charge >= 0.3 is 0 Å². The second-order valence-corrected chi connectivity index (χ2v) is 6.19. The first-order valence-corrected chi connectivity index (χ1v) is 8.69. The Morgan fingerprint density at radius 3 is 2.15 bits per heavy atom. The molecule has 0 aromatic carbocycles. The maximum atomic E-state index is 12.0. The Labute approximate surface area is 125 Å². The lowest BCUT2D eigenvalue weighted by Gasteiger charge is -2.54. The van der Waals surface area contributed by atoms with Crippen molar-refractivity contribution in [1.29, 1.82) is 0 Å². The normalized spacial score (nSPS) is 21.1. The fourth-order valence-corrected chi connectivity index (χ4v) is 3.41. The minimum Gasteiger partial charge on any atom is -0.343 e. The molecule has 118 valence electrons. The summed E-state index contributed by atoms with van der Waals surface area (Å²) in [6.45, 7) is 14.2. The highest BCUT2D eigenvalue weighted by molar-refractivity contribution is 5.76. The van der Waals surface area contributed by atoms with E-state index in [-0.39, 0.29) is 0 Å². The Bertz CT molecular complexity index is 275. The Morgan fingerprint density at radius 1 is 1.05 bits per heavy atom. The van der Waals surface area contributed by atoms with Gasteiger partial charge in [0.2, 0.25) is 5.91 Å². The third-order valence-electron chi connectivity index (χ3n) is 4.58. The highest BCUT2D eigenvalue weighted by atomic mass is 16.2. The first-order chi connectivity index (χ1) is 9.69. The molecule has 0 saturated carbocycles. The van der Waals surface area contributed by atoms with Crippen LogP contribution in [0, 0.1) is 5.41 Å². The SMILES string of the molecule is CC.CCCCC(=O)N1CCC2(CC1)CN(CCC)C2. The fourth-order valence-electron chi connectivity index (χ4n) is 3.41. The van der Waals surface area contributed by atoms with E-state index in [0.29, 0.717) is 11.3 Å². The van der Waals surface area contributed by atoms with Crippen molar-refractivity contribution in [3.63, 3.8) is 0 Å². The van der Waals surface area contributed by atoms with Crippen molar-refractivity contribution < 1.29 is 4.79 Å². The number of unbranched alkanes of at least 4 members (excludes halogenated alkanes) is 1. The molecule has 0 bridgehead atoms. The second kappa shape index (κ2) is 8.66. The highest BCUT2D eigenvalue weighted by Crippen LogP contribution is 2.40. The Morgan fingerprint density at radius 2 is 1.65 bits per heavy atom. The molecule has 2 heterocycles. The molecule has 2 aliphatic rings. The lowest BCUT2D eigenvalue weighted by atomic mass is 9.72. The third-order valence-corrected chi connectivity index (χ3v) is 4.58. The summed E-state index contributed by atoms with van der Waals surface area (Å²) >= 11 is 0. The number of rotatable bonds is 5. The molecule has 0 unspecified atom stereocenters. The molecule has 3 nitrogen and oxygen atoms in total. The molecular weight excluding hydrogens is 248 g/mol. The first-order valence-electron chi connectivity index (χ1n) is 8.69. The average molecular weight is 282 g/mol. The van der Waals surface area contributed by atoms with Gasteiger partial charge in [0.25, 0.3) is 0 Å². The van der Waals surface area contributed by atoms with Crippen LogP contribution in [0.2, 0.25) is 0 Å². The fraction of sp³-hybridized carbons (Fsp3) is 0.941. The molecule has 0 aromatic rings. The molecule has 0 radical (unpaired) electrons. The lowest BCUT2D eigenvalue weighted by Crippen LogP contribution is -2.60. The van der Waals surface area contributed by atoms with E-state index in [1.165, 1.54) is 38.9 Å². The van der Waals surface area contributed by atoms with Crippen molar-refractivity contribution in [2.45, 2.75) is 66.2 Å². The minimum absolute atomic E-state index is 0.386. The zero-order valence-electron chi connectivity index (χ0n) is 14.1. The maximum absolute atomic E-state index is 12.0. The van der Waals surface area contributed by atoms with Crippen LogP contribution in [-0.4, -0.2) is 48.4 Å². The summed E-state index contributed by atoms with van der Waals surface area (Å²) in [5.74, 6) is 0.386. The zero-order chi connectivity index (χ0) is 15.0. The summed E-state index contributed by atoms with van der Waals surface area (Å²) in [5, 5.41) is 0. The van der Waals surface area contributed by atoms with Gasteiger partial charge in [-0.05, 0) is 37.6 Å². The molecule has 0 atom stereocenters. The molecule has 1 amide bonds. The van der Waals surface area contributed by atoms with Crippen LogP contribution in [0.4, 0.5) is 0 Å². The molecule has 2 saturated heterocycles. The summed E-state index contributed by atoms with van der Waals surface area (Å²) in [7, 11) is 0. The number of likely N-dealkylation sites (tertiary alicyclic amines) is 2. The summed E-state index contributed by atoms with van der Waals surface area (Å²) in [4.78, 5) is 16.6. The van der Waals surface area contributed by atoms with Crippen molar-refractivity contribution in [2.75, 3.05) is 32.7 Å². The van der Waals surface area contributed by atoms with E-state index < -0.39 is 0 Å². The number of piperidine rings is 1. The van der Waals surface area contributed by atoms with E-state index in [4.69, 9.17) is 0 Å². The van der Waals surface area contributed by atoms with Crippen LogP contribution in [-0.2, 0) is 4.79 Å². The zero-order valence-corrected chi connectivity index (χ0v) is 14.1. The molecule has 2 aliphatic heterocycles. The van der Waals surface area contributed by atoms with Gasteiger partial charge in [-0.25, -0.2) is 0 Å². The van der Waals surface area contributed by atoms with Gasteiger partial charge in [-0.15, -0.1) is 0 Å². The quantitative estimate of drug-likeness (QED) is 0.770. The minimum atomic E-state index is 0.386. The van der Waals surface area contributed by atoms with Crippen LogP contribution in [0.3, 0.4) is 0 Å². The van der Waals surface area contributed by atoms with Crippen molar-refractivity contribution in [3.05, 3.63) is 0 Å². The van der Waals surface area contributed by atoms with Gasteiger partial charge in [-0.2, -0.15) is 0 Å². The molecule has 20 heavy (non-hydrogen) atoms. The third kappa shape index (κ3) is 4.47. The molecular formula is C17H34N2O. The molecule has 0 aromatic heterocycles. The first kappa shape index (κ1) is 17.5. The van der Waals surface area contributed by atoms with E-state index in [0.717, 1.165) is 32.4 Å². The Kier molecular flexibility index (Phi) is 7.57.